The van der Waals surface area contributed by atoms with Crippen molar-refractivity contribution in [2.75, 3.05) is 18.4 Å². The first-order chi connectivity index (χ1) is 8.40. The van der Waals surface area contributed by atoms with Gasteiger partial charge in [-0.15, -0.1) is 0 Å². The molecule has 0 saturated carbocycles. The van der Waals surface area contributed by atoms with E-state index in [0.29, 0.717) is 12.5 Å². The summed E-state index contributed by atoms with van der Waals surface area (Å²) in [5, 5.41) is 6.12. The zero-order chi connectivity index (χ0) is 13.7. The molecule has 0 atom stereocenters. The van der Waals surface area contributed by atoms with Gasteiger partial charge in [0.25, 0.3) is 0 Å². The summed E-state index contributed by atoms with van der Waals surface area (Å²) in [6, 6.07) is 4.17. The quantitative estimate of drug-likeness (QED) is 0.841. The molecule has 0 heterocycles. The second kappa shape index (κ2) is 6.55. The predicted molar refractivity (Wildman–Crippen MR) is 77.0 cm³/mol. The maximum absolute atomic E-state index is 11.8. The maximum atomic E-state index is 11.8. The van der Waals surface area contributed by atoms with Crippen LogP contribution in [0.5, 0.6) is 0 Å². The lowest BCUT2D eigenvalue weighted by Gasteiger charge is -2.13. The van der Waals surface area contributed by atoms with Crippen molar-refractivity contribution >= 4 is 11.6 Å². The number of benzene rings is 1. The fraction of sp³-hybridized carbons (Fsp3) is 0.533. The molecule has 1 rings (SSSR count). The maximum Gasteiger partial charge on any atom is 0.238 e. The van der Waals surface area contributed by atoms with Crippen molar-refractivity contribution in [3.63, 3.8) is 0 Å². The van der Waals surface area contributed by atoms with E-state index < -0.39 is 0 Å². The van der Waals surface area contributed by atoms with Crippen LogP contribution < -0.4 is 10.6 Å². The standard InChI is InChI=1S/C15H24N2O/c1-10(2)8-16-9-14(18)17-15-12(4)6-11(3)7-13(15)5/h6-7,10,16H,8-9H2,1-5H3,(H,17,18). The second-order valence-corrected chi connectivity index (χ2v) is 5.35. The number of rotatable bonds is 5. The fourth-order valence-electron chi connectivity index (χ4n) is 2.04. The summed E-state index contributed by atoms with van der Waals surface area (Å²) >= 11 is 0. The number of anilines is 1. The van der Waals surface area contributed by atoms with Crippen molar-refractivity contribution in [1.29, 1.82) is 0 Å². The van der Waals surface area contributed by atoms with E-state index in [0.717, 1.165) is 23.4 Å². The molecule has 0 unspecified atom stereocenters. The molecule has 100 valence electrons. The van der Waals surface area contributed by atoms with Crippen molar-refractivity contribution in [2.24, 2.45) is 5.92 Å². The normalized spacial score (nSPS) is 10.8. The van der Waals surface area contributed by atoms with Gasteiger partial charge in [0.2, 0.25) is 5.91 Å². The van der Waals surface area contributed by atoms with Gasteiger partial charge in [0, 0.05) is 5.69 Å². The Hall–Kier alpha value is -1.35. The number of hydrogen-bond donors (Lipinski definition) is 2. The molecule has 18 heavy (non-hydrogen) atoms. The summed E-state index contributed by atoms with van der Waals surface area (Å²) in [6.45, 7) is 11.6. The van der Waals surface area contributed by atoms with Crippen molar-refractivity contribution < 1.29 is 4.79 Å². The molecule has 0 aromatic heterocycles. The molecule has 3 nitrogen and oxygen atoms in total. The SMILES string of the molecule is Cc1cc(C)c(NC(=O)CNCC(C)C)c(C)c1. The van der Waals surface area contributed by atoms with Gasteiger partial charge < -0.3 is 10.6 Å². The molecule has 0 fully saturated rings. The molecule has 1 amide bonds. The van der Waals surface area contributed by atoms with Crippen LogP contribution in [0.25, 0.3) is 0 Å². The van der Waals surface area contributed by atoms with Crippen LogP contribution in [0.1, 0.15) is 30.5 Å². The fourth-order valence-corrected chi connectivity index (χ4v) is 2.04. The van der Waals surface area contributed by atoms with Gasteiger partial charge >= 0.3 is 0 Å². The molecule has 0 aliphatic carbocycles. The summed E-state index contributed by atoms with van der Waals surface area (Å²) in [4.78, 5) is 11.8. The summed E-state index contributed by atoms with van der Waals surface area (Å²) in [5.74, 6) is 0.575. The Labute approximate surface area is 110 Å². The van der Waals surface area contributed by atoms with Gasteiger partial charge in [0.05, 0.1) is 6.54 Å². The molecule has 1 aromatic carbocycles. The Kier molecular flexibility index (Phi) is 5.35. The zero-order valence-electron chi connectivity index (χ0n) is 12.1. The number of hydrogen-bond acceptors (Lipinski definition) is 2. The van der Waals surface area contributed by atoms with E-state index in [1.807, 2.05) is 13.8 Å². The van der Waals surface area contributed by atoms with E-state index >= 15 is 0 Å². The summed E-state index contributed by atoms with van der Waals surface area (Å²) < 4.78 is 0. The Morgan fingerprint density at radius 1 is 1.17 bits per heavy atom. The van der Waals surface area contributed by atoms with Crippen LogP contribution in [0, 0.1) is 26.7 Å². The third kappa shape index (κ3) is 4.49. The van der Waals surface area contributed by atoms with Crippen LogP contribution in [0.3, 0.4) is 0 Å². The molecule has 0 spiro atoms. The molecule has 0 saturated heterocycles. The molecule has 3 heteroatoms. The first-order valence-corrected chi connectivity index (χ1v) is 6.48. The second-order valence-electron chi connectivity index (χ2n) is 5.35. The highest BCUT2D eigenvalue weighted by Crippen LogP contribution is 2.21. The van der Waals surface area contributed by atoms with Crippen LogP contribution in [0.2, 0.25) is 0 Å². The average Bonchev–Trinajstić information content (AvgIpc) is 2.22. The average molecular weight is 248 g/mol. The van der Waals surface area contributed by atoms with Crippen LogP contribution in [0.4, 0.5) is 5.69 Å². The van der Waals surface area contributed by atoms with Crippen molar-refractivity contribution in [3.8, 4) is 0 Å². The van der Waals surface area contributed by atoms with Crippen molar-refractivity contribution in [3.05, 3.63) is 28.8 Å². The summed E-state index contributed by atoms with van der Waals surface area (Å²) in [6.07, 6.45) is 0. The molecule has 1 aromatic rings. The van der Waals surface area contributed by atoms with E-state index in [2.05, 4.69) is 43.5 Å². The Bertz CT molecular complexity index is 401. The van der Waals surface area contributed by atoms with Crippen molar-refractivity contribution in [1.82, 2.24) is 5.32 Å². The number of nitrogens with one attached hydrogen (secondary N) is 2. The van der Waals surface area contributed by atoms with Gasteiger partial charge in [-0.25, -0.2) is 0 Å². The molecule has 0 aliphatic rings. The van der Waals surface area contributed by atoms with Crippen molar-refractivity contribution in [2.45, 2.75) is 34.6 Å². The molecule has 0 bridgehead atoms. The van der Waals surface area contributed by atoms with E-state index in [1.54, 1.807) is 0 Å². The highest BCUT2D eigenvalue weighted by atomic mass is 16.1. The van der Waals surface area contributed by atoms with Crippen LogP contribution in [-0.2, 0) is 4.79 Å². The van der Waals surface area contributed by atoms with Crippen LogP contribution >= 0.6 is 0 Å². The molecule has 0 radical (unpaired) electrons. The Morgan fingerprint density at radius 3 is 2.22 bits per heavy atom. The smallest absolute Gasteiger partial charge is 0.238 e. The minimum absolute atomic E-state index is 0.0192. The lowest BCUT2D eigenvalue weighted by Crippen LogP contribution is -2.30. The number of carbonyl (C=O) groups is 1. The lowest BCUT2D eigenvalue weighted by molar-refractivity contribution is -0.115. The minimum Gasteiger partial charge on any atom is -0.324 e. The van der Waals surface area contributed by atoms with Gasteiger partial charge in [0.1, 0.15) is 0 Å². The lowest BCUT2D eigenvalue weighted by atomic mass is 10.1. The highest BCUT2D eigenvalue weighted by Gasteiger charge is 2.08. The monoisotopic (exact) mass is 248 g/mol. The first-order valence-electron chi connectivity index (χ1n) is 6.48. The zero-order valence-corrected chi connectivity index (χ0v) is 12.1. The van der Waals surface area contributed by atoms with E-state index in [1.165, 1.54) is 5.56 Å². The van der Waals surface area contributed by atoms with Gasteiger partial charge in [-0.1, -0.05) is 31.5 Å². The predicted octanol–water partition coefficient (Wildman–Crippen LogP) is 2.80. The van der Waals surface area contributed by atoms with E-state index in [-0.39, 0.29) is 5.91 Å². The molecule has 2 N–H and O–H groups in total. The van der Waals surface area contributed by atoms with Gasteiger partial charge in [-0.05, 0) is 44.4 Å². The topological polar surface area (TPSA) is 41.1 Å². The number of aryl methyl sites for hydroxylation is 3. The Balaban J connectivity index is 2.59. The number of amides is 1. The summed E-state index contributed by atoms with van der Waals surface area (Å²) in [7, 11) is 0. The van der Waals surface area contributed by atoms with Gasteiger partial charge in [0.15, 0.2) is 0 Å². The van der Waals surface area contributed by atoms with Gasteiger partial charge in [-0.3, -0.25) is 4.79 Å². The third-order valence-electron chi connectivity index (χ3n) is 2.78. The largest absolute Gasteiger partial charge is 0.324 e. The molecular formula is C15H24N2O. The third-order valence-corrected chi connectivity index (χ3v) is 2.78. The highest BCUT2D eigenvalue weighted by molar-refractivity contribution is 5.93. The van der Waals surface area contributed by atoms with Crippen LogP contribution in [-0.4, -0.2) is 19.0 Å². The summed E-state index contributed by atoms with van der Waals surface area (Å²) in [5.41, 5.74) is 4.40. The first kappa shape index (κ1) is 14.7. The minimum atomic E-state index is 0.0192. The Morgan fingerprint density at radius 2 is 1.72 bits per heavy atom. The molecule has 0 aliphatic heterocycles. The molecular weight excluding hydrogens is 224 g/mol. The number of carbonyl (C=O) groups excluding carboxylic acids is 1. The van der Waals surface area contributed by atoms with Crippen LogP contribution in [0.15, 0.2) is 12.1 Å². The van der Waals surface area contributed by atoms with E-state index in [4.69, 9.17) is 0 Å². The van der Waals surface area contributed by atoms with E-state index in [9.17, 15) is 4.79 Å². The van der Waals surface area contributed by atoms with Gasteiger partial charge in [-0.2, -0.15) is 0 Å².